The van der Waals surface area contributed by atoms with Crippen LogP contribution in [-0.4, -0.2) is 72.8 Å². The molecule has 7 nitrogen and oxygen atoms in total. The number of piperazine rings is 1. The van der Waals surface area contributed by atoms with Gasteiger partial charge in [0, 0.05) is 38.6 Å². The Bertz CT molecular complexity index is 399. The summed E-state index contributed by atoms with van der Waals surface area (Å²) in [5, 5.41) is 5.61. The second-order valence-corrected chi connectivity index (χ2v) is 5.41. The van der Waals surface area contributed by atoms with E-state index in [1.807, 2.05) is 11.8 Å². The fourth-order valence-corrected chi connectivity index (χ4v) is 2.58. The zero-order chi connectivity index (χ0) is 14.5. The number of likely N-dealkylation sites (tertiary alicyclic amines) is 1. The molecule has 0 unspecified atom stereocenters. The maximum absolute atomic E-state index is 11.8. The predicted octanol–water partition coefficient (Wildman–Crippen LogP) is -1.45. The van der Waals surface area contributed by atoms with Gasteiger partial charge in [0.1, 0.15) is 0 Å². The Hall–Kier alpha value is -1.47. The highest BCUT2D eigenvalue weighted by atomic mass is 16.2. The van der Waals surface area contributed by atoms with Gasteiger partial charge in [-0.15, -0.1) is 0 Å². The number of hydrogen-bond acceptors (Lipinski definition) is 5. The number of rotatable bonds is 4. The van der Waals surface area contributed by atoms with Crippen molar-refractivity contribution in [2.24, 2.45) is 0 Å². The summed E-state index contributed by atoms with van der Waals surface area (Å²) in [4.78, 5) is 38.5. The minimum absolute atomic E-state index is 0.0108. The lowest BCUT2D eigenvalue weighted by Crippen LogP contribution is -2.53. The first-order valence-corrected chi connectivity index (χ1v) is 7.11. The molecule has 0 aromatic heterocycles. The molecule has 0 saturated carbocycles. The highest BCUT2D eigenvalue weighted by molar-refractivity contribution is 5.98. The van der Waals surface area contributed by atoms with Gasteiger partial charge in [-0.3, -0.25) is 24.6 Å². The van der Waals surface area contributed by atoms with Crippen LogP contribution in [0.5, 0.6) is 0 Å². The van der Waals surface area contributed by atoms with E-state index in [2.05, 4.69) is 10.6 Å². The number of nitrogens with zero attached hydrogens (tertiary/aromatic N) is 2. The van der Waals surface area contributed by atoms with E-state index in [4.69, 9.17) is 0 Å². The molecular weight excluding hydrogens is 260 g/mol. The third-order valence-electron chi connectivity index (χ3n) is 3.77. The first-order valence-electron chi connectivity index (χ1n) is 7.11. The van der Waals surface area contributed by atoms with Crippen molar-refractivity contribution in [1.82, 2.24) is 20.4 Å². The first kappa shape index (κ1) is 14.9. The van der Waals surface area contributed by atoms with E-state index in [1.54, 1.807) is 0 Å². The number of hydrogen-bond donors (Lipinski definition) is 2. The molecule has 0 aliphatic carbocycles. The predicted molar refractivity (Wildman–Crippen MR) is 72.9 cm³/mol. The molecule has 2 fully saturated rings. The molecule has 2 aliphatic heterocycles. The standard InChI is InChI=1S/C13H22N4O3/c1-10-7-14-4-6-16(10)8-11(18)15-12(19)9-17-5-2-3-13(17)20/h10,14H,2-9H2,1H3,(H,15,18,19)/t10-/m0/s1. The molecule has 2 N–H and O–H groups in total. The lowest BCUT2D eigenvalue weighted by Gasteiger charge is -2.33. The molecule has 0 aromatic carbocycles. The van der Waals surface area contributed by atoms with Gasteiger partial charge in [0.2, 0.25) is 17.7 Å². The summed E-state index contributed by atoms with van der Waals surface area (Å²) >= 11 is 0. The number of imide groups is 1. The van der Waals surface area contributed by atoms with Crippen LogP contribution in [0.3, 0.4) is 0 Å². The third kappa shape index (κ3) is 4.01. The number of carbonyl (C=O) groups excluding carboxylic acids is 3. The zero-order valence-corrected chi connectivity index (χ0v) is 11.9. The van der Waals surface area contributed by atoms with Crippen LogP contribution in [0.2, 0.25) is 0 Å². The zero-order valence-electron chi connectivity index (χ0n) is 11.9. The average Bonchev–Trinajstić information content (AvgIpc) is 2.77. The highest BCUT2D eigenvalue weighted by Crippen LogP contribution is 2.08. The normalized spacial score (nSPS) is 23.9. The summed E-state index contributed by atoms with van der Waals surface area (Å²) in [5.41, 5.74) is 0. The molecule has 2 heterocycles. The number of amides is 3. The number of nitrogens with one attached hydrogen (secondary N) is 2. The van der Waals surface area contributed by atoms with Crippen LogP contribution in [0.15, 0.2) is 0 Å². The van der Waals surface area contributed by atoms with Crippen LogP contribution < -0.4 is 10.6 Å². The molecule has 0 aromatic rings. The van der Waals surface area contributed by atoms with Crippen molar-refractivity contribution >= 4 is 17.7 Å². The van der Waals surface area contributed by atoms with Crippen LogP contribution in [0.1, 0.15) is 19.8 Å². The van der Waals surface area contributed by atoms with E-state index in [0.29, 0.717) is 13.0 Å². The van der Waals surface area contributed by atoms with Gasteiger partial charge in [-0.1, -0.05) is 0 Å². The van der Waals surface area contributed by atoms with E-state index in [-0.39, 0.29) is 30.9 Å². The minimum atomic E-state index is -0.395. The smallest absolute Gasteiger partial charge is 0.246 e. The number of carbonyl (C=O) groups is 3. The van der Waals surface area contributed by atoms with E-state index in [1.165, 1.54) is 4.90 Å². The van der Waals surface area contributed by atoms with Crippen LogP contribution in [0.25, 0.3) is 0 Å². The maximum Gasteiger partial charge on any atom is 0.246 e. The van der Waals surface area contributed by atoms with Crippen LogP contribution in [0, 0.1) is 0 Å². The molecule has 2 aliphatic rings. The first-order chi connectivity index (χ1) is 9.56. The summed E-state index contributed by atoms with van der Waals surface area (Å²) in [7, 11) is 0. The summed E-state index contributed by atoms with van der Waals surface area (Å²) < 4.78 is 0. The van der Waals surface area contributed by atoms with Crippen LogP contribution >= 0.6 is 0 Å². The van der Waals surface area contributed by atoms with Crippen molar-refractivity contribution in [3.8, 4) is 0 Å². The summed E-state index contributed by atoms with van der Waals surface area (Å²) in [6.45, 7) is 5.37. The molecule has 0 radical (unpaired) electrons. The highest BCUT2D eigenvalue weighted by Gasteiger charge is 2.24. The molecule has 20 heavy (non-hydrogen) atoms. The Morgan fingerprint density at radius 1 is 1.30 bits per heavy atom. The Kier molecular flexibility index (Phi) is 5.08. The van der Waals surface area contributed by atoms with E-state index in [9.17, 15) is 14.4 Å². The topological polar surface area (TPSA) is 81.8 Å². The van der Waals surface area contributed by atoms with Gasteiger partial charge in [0.05, 0.1) is 13.1 Å². The second-order valence-electron chi connectivity index (χ2n) is 5.41. The van der Waals surface area contributed by atoms with Crippen molar-refractivity contribution in [2.45, 2.75) is 25.8 Å². The van der Waals surface area contributed by atoms with E-state index >= 15 is 0 Å². The Morgan fingerprint density at radius 2 is 2.05 bits per heavy atom. The van der Waals surface area contributed by atoms with Gasteiger partial charge in [0.25, 0.3) is 0 Å². The van der Waals surface area contributed by atoms with Gasteiger partial charge in [-0.25, -0.2) is 0 Å². The van der Waals surface area contributed by atoms with Crippen molar-refractivity contribution in [2.75, 3.05) is 39.3 Å². The van der Waals surface area contributed by atoms with Crippen LogP contribution in [-0.2, 0) is 14.4 Å². The molecule has 2 saturated heterocycles. The van der Waals surface area contributed by atoms with Gasteiger partial charge < -0.3 is 10.2 Å². The summed E-state index contributed by atoms with van der Waals surface area (Å²) in [6, 6.07) is 0.282. The lowest BCUT2D eigenvalue weighted by atomic mass is 10.2. The Labute approximate surface area is 118 Å². The molecule has 0 spiro atoms. The monoisotopic (exact) mass is 282 g/mol. The average molecular weight is 282 g/mol. The lowest BCUT2D eigenvalue weighted by molar-refractivity contribution is -0.136. The quantitative estimate of drug-likeness (QED) is 0.659. The minimum Gasteiger partial charge on any atom is -0.333 e. The van der Waals surface area contributed by atoms with Gasteiger partial charge in [-0.05, 0) is 13.3 Å². The van der Waals surface area contributed by atoms with E-state index in [0.717, 1.165) is 26.1 Å². The molecule has 3 amide bonds. The van der Waals surface area contributed by atoms with Gasteiger partial charge in [-0.2, -0.15) is 0 Å². The summed E-state index contributed by atoms with van der Waals surface area (Å²) in [6.07, 6.45) is 1.29. The van der Waals surface area contributed by atoms with Crippen molar-refractivity contribution < 1.29 is 14.4 Å². The van der Waals surface area contributed by atoms with Crippen molar-refractivity contribution in [3.05, 3.63) is 0 Å². The molecule has 7 heteroatoms. The van der Waals surface area contributed by atoms with Gasteiger partial charge in [0.15, 0.2) is 0 Å². The molecular formula is C13H22N4O3. The van der Waals surface area contributed by atoms with Gasteiger partial charge >= 0.3 is 0 Å². The van der Waals surface area contributed by atoms with Crippen molar-refractivity contribution in [1.29, 1.82) is 0 Å². The molecule has 1 atom stereocenters. The second kappa shape index (κ2) is 6.81. The van der Waals surface area contributed by atoms with Crippen molar-refractivity contribution in [3.63, 3.8) is 0 Å². The fourth-order valence-electron chi connectivity index (χ4n) is 2.58. The SMILES string of the molecule is C[C@H]1CNCCN1CC(=O)NC(=O)CN1CCCC1=O. The molecule has 2 rings (SSSR count). The largest absolute Gasteiger partial charge is 0.333 e. The third-order valence-corrected chi connectivity index (χ3v) is 3.77. The summed E-state index contributed by atoms with van der Waals surface area (Å²) in [5.74, 6) is -0.702. The van der Waals surface area contributed by atoms with Crippen LogP contribution in [0.4, 0.5) is 0 Å². The molecule has 112 valence electrons. The Morgan fingerprint density at radius 3 is 2.70 bits per heavy atom. The maximum atomic E-state index is 11.8. The fraction of sp³-hybridized carbons (Fsp3) is 0.769. The Balaban J connectivity index is 1.73. The van der Waals surface area contributed by atoms with E-state index < -0.39 is 5.91 Å². The molecule has 0 bridgehead atoms.